The molecular weight excluding hydrogens is 385 g/mol. The summed E-state index contributed by atoms with van der Waals surface area (Å²) in [6, 6.07) is 7.22. The van der Waals surface area contributed by atoms with E-state index in [1.165, 1.54) is 0 Å². The van der Waals surface area contributed by atoms with Crippen LogP contribution in [0.3, 0.4) is 0 Å². The van der Waals surface area contributed by atoms with E-state index >= 15 is 0 Å². The first kappa shape index (κ1) is 19.2. The molecule has 3 aliphatic rings. The molecule has 0 radical (unpaired) electrons. The van der Waals surface area contributed by atoms with Crippen LogP contribution in [0.1, 0.15) is 40.4 Å². The summed E-state index contributed by atoms with van der Waals surface area (Å²) in [5.41, 5.74) is 8.04. The van der Waals surface area contributed by atoms with E-state index in [-0.39, 0.29) is 23.3 Å². The van der Waals surface area contributed by atoms with E-state index < -0.39 is 6.17 Å². The molecule has 5 heterocycles. The monoisotopic (exact) mass is 411 g/mol. The fraction of sp³-hybridized carbons (Fsp3) is 0.500. The zero-order valence-electron chi connectivity index (χ0n) is 16.8. The Morgan fingerprint density at radius 1 is 1.20 bits per heavy atom. The van der Waals surface area contributed by atoms with Gasteiger partial charge in [0.2, 0.25) is 0 Å². The second-order valence-corrected chi connectivity index (χ2v) is 8.80. The molecule has 2 N–H and O–H groups in total. The fourth-order valence-electron chi connectivity index (χ4n) is 5.21. The van der Waals surface area contributed by atoms with Gasteiger partial charge in [0.1, 0.15) is 12.0 Å². The molecule has 2 fully saturated rings. The van der Waals surface area contributed by atoms with Crippen LogP contribution in [0.5, 0.6) is 0 Å². The number of nitrogens with zero attached hydrogens (tertiary/aromatic N) is 4. The molecule has 0 saturated carbocycles. The molecule has 0 unspecified atom stereocenters. The normalized spacial score (nSPS) is 25.9. The van der Waals surface area contributed by atoms with Gasteiger partial charge in [-0.05, 0) is 37.0 Å². The highest BCUT2D eigenvalue weighted by Crippen LogP contribution is 2.35. The molecule has 3 aliphatic heterocycles. The van der Waals surface area contributed by atoms with Gasteiger partial charge in [-0.1, -0.05) is 6.07 Å². The highest BCUT2D eigenvalue weighted by atomic mass is 19.1. The number of alkyl halides is 1. The number of fused-ring (bicyclic) bond motifs is 4. The summed E-state index contributed by atoms with van der Waals surface area (Å²) in [5, 5.41) is 0. The minimum atomic E-state index is -0.788. The average Bonchev–Trinajstić information content (AvgIpc) is 3.14. The highest BCUT2D eigenvalue weighted by molar-refractivity contribution is 5.94. The maximum absolute atomic E-state index is 13.5. The number of nitrogen functional groups attached to an aromatic ring is 1. The molecule has 2 aromatic heterocycles. The zero-order valence-corrected chi connectivity index (χ0v) is 16.8. The topological polar surface area (TPSA) is 84.5 Å². The van der Waals surface area contributed by atoms with E-state index in [9.17, 15) is 14.0 Å². The third-order valence-electron chi connectivity index (χ3n) is 6.61. The third kappa shape index (κ3) is 3.49. The molecule has 0 aromatic carbocycles. The van der Waals surface area contributed by atoms with Gasteiger partial charge < -0.3 is 15.2 Å². The number of anilines is 1. The summed E-state index contributed by atoms with van der Waals surface area (Å²) >= 11 is 0. The Labute approximate surface area is 174 Å². The van der Waals surface area contributed by atoms with Crippen LogP contribution in [0.15, 0.2) is 35.3 Å². The molecule has 0 spiro atoms. The van der Waals surface area contributed by atoms with Gasteiger partial charge in [-0.2, -0.15) is 0 Å². The Kier molecular flexibility index (Phi) is 4.81. The smallest absolute Gasteiger partial charge is 0.255 e. The maximum Gasteiger partial charge on any atom is 0.255 e. The number of piperidine rings is 1. The lowest BCUT2D eigenvalue weighted by atomic mass is 9.82. The first-order valence-electron chi connectivity index (χ1n) is 10.6. The Morgan fingerprint density at radius 2 is 2.07 bits per heavy atom. The molecule has 2 saturated heterocycles. The van der Waals surface area contributed by atoms with Gasteiger partial charge in [0, 0.05) is 68.2 Å². The molecule has 2 bridgehead atoms. The van der Waals surface area contributed by atoms with Crippen molar-refractivity contribution in [3.8, 4) is 0 Å². The van der Waals surface area contributed by atoms with E-state index in [4.69, 9.17) is 5.73 Å². The van der Waals surface area contributed by atoms with Crippen molar-refractivity contribution in [1.82, 2.24) is 19.4 Å². The van der Waals surface area contributed by atoms with Crippen molar-refractivity contribution in [2.75, 3.05) is 31.9 Å². The van der Waals surface area contributed by atoms with E-state index in [1.54, 1.807) is 18.3 Å². The predicted molar refractivity (Wildman–Crippen MR) is 111 cm³/mol. The minimum absolute atomic E-state index is 0.0335. The van der Waals surface area contributed by atoms with E-state index in [0.717, 1.165) is 17.7 Å². The van der Waals surface area contributed by atoms with Crippen LogP contribution in [0.25, 0.3) is 0 Å². The number of halogens is 1. The lowest BCUT2D eigenvalue weighted by Gasteiger charge is -2.43. The molecular formula is C22H26FN5O2. The maximum atomic E-state index is 13.5. The summed E-state index contributed by atoms with van der Waals surface area (Å²) in [5.74, 6) is 0.680. The number of carbonyl (C=O) groups is 1. The summed E-state index contributed by atoms with van der Waals surface area (Å²) in [6.07, 6.45) is 2.29. The number of aromatic nitrogens is 2. The molecule has 3 atom stereocenters. The number of hydrogen-bond donors (Lipinski definition) is 1. The number of likely N-dealkylation sites (tertiary alicyclic amines) is 2. The van der Waals surface area contributed by atoms with Gasteiger partial charge in [0.05, 0.1) is 0 Å². The van der Waals surface area contributed by atoms with Gasteiger partial charge >= 0.3 is 0 Å². The SMILES string of the molecule is Nc1cc(C(=O)N2C[C@@H]3C[C@H](C2)c2ccc(CN4CC[C@@H](F)C4)c(=O)n2C3)ccn1. The average molecular weight is 411 g/mol. The van der Waals surface area contributed by atoms with Crippen molar-refractivity contribution >= 4 is 11.7 Å². The molecule has 5 rings (SSSR count). The summed E-state index contributed by atoms with van der Waals surface area (Å²) < 4.78 is 15.4. The summed E-state index contributed by atoms with van der Waals surface area (Å²) in [4.78, 5) is 33.9. The van der Waals surface area contributed by atoms with Crippen LogP contribution in [-0.2, 0) is 13.1 Å². The van der Waals surface area contributed by atoms with Crippen molar-refractivity contribution < 1.29 is 9.18 Å². The number of amides is 1. The fourth-order valence-corrected chi connectivity index (χ4v) is 5.21. The van der Waals surface area contributed by atoms with Crippen LogP contribution in [0.4, 0.5) is 10.2 Å². The number of pyridine rings is 2. The van der Waals surface area contributed by atoms with Crippen LogP contribution in [0.2, 0.25) is 0 Å². The Hall–Kier alpha value is -2.74. The molecule has 30 heavy (non-hydrogen) atoms. The molecule has 158 valence electrons. The van der Waals surface area contributed by atoms with Crippen molar-refractivity contribution in [2.24, 2.45) is 5.92 Å². The third-order valence-corrected chi connectivity index (χ3v) is 6.61. The number of hydrogen-bond acceptors (Lipinski definition) is 5. The Bertz CT molecular complexity index is 1040. The van der Waals surface area contributed by atoms with Crippen LogP contribution in [-0.4, -0.2) is 57.6 Å². The second-order valence-electron chi connectivity index (χ2n) is 8.80. The van der Waals surface area contributed by atoms with Crippen LogP contribution < -0.4 is 11.3 Å². The molecule has 7 nitrogen and oxygen atoms in total. The van der Waals surface area contributed by atoms with Crippen molar-refractivity contribution in [1.29, 1.82) is 0 Å². The number of rotatable bonds is 3. The molecule has 8 heteroatoms. The van der Waals surface area contributed by atoms with E-state index in [0.29, 0.717) is 57.1 Å². The van der Waals surface area contributed by atoms with Crippen LogP contribution in [0, 0.1) is 5.92 Å². The number of nitrogens with two attached hydrogens (primary N) is 1. The molecule has 2 aromatic rings. The van der Waals surface area contributed by atoms with Gasteiger partial charge in [-0.25, -0.2) is 9.37 Å². The second kappa shape index (κ2) is 7.50. The first-order valence-corrected chi connectivity index (χ1v) is 10.6. The summed E-state index contributed by atoms with van der Waals surface area (Å²) in [6.45, 7) is 3.44. The first-order chi connectivity index (χ1) is 14.5. The van der Waals surface area contributed by atoms with Crippen molar-refractivity contribution in [3.63, 3.8) is 0 Å². The van der Waals surface area contributed by atoms with E-state index in [2.05, 4.69) is 4.98 Å². The van der Waals surface area contributed by atoms with Gasteiger partial charge in [-0.3, -0.25) is 14.5 Å². The van der Waals surface area contributed by atoms with Crippen LogP contribution >= 0.6 is 0 Å². The number of carbonyl (C=O) groups excluding carboxylic acids is 1. The largest absolute Gasteiger partial charge is 0.384 e. The Morgan fingerprint density at radius 3 is 2.83 bits per heavy atom. The van der Waals surface area contributed by atoms with E-state index in [1.807, 2.05) is 26.5 Å². The highest BCUT2D eigenvalue weighted by Gasteiger charge is 2.37. The quantitative estimate of drug-likeness (QED) is 0.830. The summed E-state index contributed by atoms with van der Waals surface area (Å²) in [7, 11) is 0. The minimum Gasteiger partial charge on any atom is -0.384 e. The van der Waals surface area contributed by atoms with Crippen molar-refractivity contribution in [2.45, 2.75) is 38.0 Å². The molecule has 1 amide bonds. The van der Waals surface area contributed by atoms with Gasteiger partial charge in [-0.15, -0.1) is 0 Å². The van der Waals surface area contributed by atoms with Gasteiger partial charge in [0.15, 0.2) is 0 Å². The molecule has 0 aliphatic carbocycles. The van der Waals surface area contributed by atoms with Gasteiger partial charge in [0.25, 0.3) is 11.5 Å². The Balaban J connectivity index is 1.37. The standard InChI is InChI=1S/C22H26FN5O2/c23-18-4-6-26(13-18)11-16-1-2-19-17-7-14(10-28(19)22(16)30)9-27(12-17)21(29)15-3-5-25-20(24)8-15/h1-3,5,8,14,17-18H,4,6-7,9-13H2,(H2,24,25)/t14-,17+,18+/m0/s1. The van der Waals surface area contributed by atoms with Crippen molar-refractivity contribution in [3.05, 3.63) is 57.6 Å². The lowest BCUT2D eigenvalue weighted by Crippen LogP contribution is -2.49. The zero-order chi connectivity index (χ0) is 20.8. The predicted octanol–water partition coefficient (Wildman–Crippen LogP) is 1.63. The lowest BCUT2D eigenvalue weighted by molar-refractivity contribution is 0.0594.